The highest BCUT2D eigenvalue weighted by atomic mass is 19.1. The molecule has 0 saturated carbocycles. The molecule has 0 radical (unpaired) electrons. The van der Waals surface area contributed by atoms with E-state index in [0.29, 0.717) is 17.3 Å². The van der Waals surface area contributed by atoms with Crippen LogP contribution in [-0.4, -0.2) is 14.6 Å². The van der Waals surface area contributed by atoms with Crippen molar-refractivity contribution in [3.05, 3.63) is 66.1 Å². The van der Waals surface area contributed by atoms with E-state index >= 15 is 0 Å². The number of aromatic nitrogens is 3. The molecule has 0 fully saturated rings. The monoisotopic (exact) mass is 293 g/mol. The Labute approximate surface area is 125 Å². The molecule has 0 atom stereocenters. The molecule has 108 valence electrons. The summed E-state index contributed by atoms with van der Waals surface area (Å²) in [7, 11) is 0. The number of hydrogen-bond acceptors (Lipinski definition) is 3. The lowest BCUT2D eigenvalue weighted by molar-refractivity contribution is 0.604. The summed E-state index contributed by atoms with van der Waals surface area (Å²) in [4.78, 5) is 4.44. The molecule has 0 N–H and O–H groups in total. The Bertz CT molecular complexity index is 830. The van der Waals surface area contributed by atoms with Crippen LogP contribution in [0.25, 0.3) is 28.6 Å². The van der Waals surface area contributed by atoms with Crippen LogP contribution < -0.4 is 0 Å². The van der Waals surface area contributed by atoms with Crippen LogP contribution in [0.5, 0.6) is 0 Å². The number of halogens is 1. The third-order valence-corrected chi connectivity index (χ3v) is 3.48. The third kappa shape index (κ3) is 2.16. The van der Waals surface area contributed by atoms with Gasteiger partial charge in [0.1, 0.15) is 5.82 Å². The van der Waals surface area contributed by atoms with Crippen LogP contribution in [0.2, 0.25) is 0 Å². The van der Waals surface area contributed by atoms with Crippen LogP contribution in [0.15, 0.2) is 59.1 Å². The molecule has 4 nitrogen and oxygen atoms in total. The average Bonchev–Trinajstić information content (AvgIpc) is 3.07. The highest BCUT2D eigenvalue weighted by Gasteiger charge is 2.12. The lowest BCUT2D eigenvalue weighted by Crippen LogP contribution is -1.83. The maximum absolute atomic E-state index is 12.9. The van der Waals surface area contributed by atoms with Gasteiger partial charge in [0.05, 0.1) is 11.9 Å². The number of hydrogen-bond donors (Lipinski definition) is 0. The van der Waals surface area contributed by atoms with E-state index in [1.807, 2.05) is 37.4 Å². The molecule has 4 rings (SSSR count). The highest BCUT2D eigenvalue weighted by Crippen LogP contribution is 2.23. The molecule has 2 aromatic heterocycles. The summed E-state index contributed by atoms with van der Waals surface area (Å²) in [5, 5.41) is 4.34. The number of imidazole rings is 1. The molecule has 22 heavy (non-hydrogen) atoms. The normalized spacial score (nSPS) is 11.2. The van der Waals surface area contributed by atoms with Gasteiger partial charge in [0.2, 0.25) is 5.89 Å². The third-order valence-electron chi connectivity index (χ3n) is 3.48. The topological polar surface area (TPSA) is 43.3 Å². The van der Waals surface area contributed by atoms with Crippen LogP contribution in [0.4, 0.5) is 4.39 Å². The molecule has 0 aliphatic carbocycles. The molecule has 0 bridgehead atoms. The lowest BCUT2D eigenvalue weighted by atomic mass is 10.1. The minimum Gasteiger partial charge on any atom is -0.403 e. The van der Waals surface area contributed by atoms with Crippen LogP contribution in [0, 0.1) is 12.7 Å². The van der Waals surface area contributed by atoms with Gasteiger partial charge >= 0.3 is 5.84 Å². The predicted molar refractivity (Wildman–Crippen MR) is 80.8 cm³/mol. The molecule has 2 heterocycles. The smallest absolute Gasteiger partial charge is 0.325 e. The van der Waals surface area contributed by atoms with Crippen molar-refractivity contribution in [1.82, 2.24) is 14.6 Å². The van der Waals surface area contributed by atoms with E-state index in [0.717, 1.165) is 11.3 Å². The van der Waals surface area contributed by atoms with Gasteiger partial charge < -0.3 is 4.42 Å². The van der Waals surface area contributed by atoms with E-state index in [4.69, 9.17) is 4.42 Å². The zero-order valence-electron chi connectivity index (χ0n) is 11.8. The van der Waals surface area contributed by atoms with E-state index in [2.05, 4.69) is 10.1 Å². The highest BCUT2D eigenvalue weighted by molar-refractivity contribution is 5.62. The van der Waals surface area contributed by atoms with Gasteiger partial charge in [0.15, 0.2) is 0 Å². The van der Waals surface area contributed by atoms with Crippen LogP contribution in [0.3, 0.4) is 0 Å². The molecular weight excluding hydrogens is 281 g/mol. The Kier molecular flexibility index (Phi) is 2.79. The van der Waals surface area contributed by atoms with Crippen LogP contribution >= 0.6 is 0 Å². The SMILES string of the molecule is Cc1ccc(-c2cn3nc(-c4ccc(F)cc4)oc3n2)cc1. The fourth-order valence-electron chi connectivity index (χ4n) is 2.27. The zero-order chi connectivity index (χ0) is 15.1. The molecule has 0 unspecified atom stereocenters. The molecule has 0 amide bonds. The van der Waals surface area contributed by atoms with E-state index in [1.54, 1.807) is 16.6 Å². The van der Waals surface area contributed by atoms with E-state index < -0.39 is 0 Å². The second-order valence-electron chi connectivity index (χ2n) is 5.13. The minimum absolute atomic E-state index is 0.290. The molecule has 0 aliphatic rings. The van der Waals surface area contributed by atoms with Crippen molar-refractivity contribution in [2.24, 2.45) is 0 Å². The number of fused-ring (bicyclic) bond motifs is 1. The molecule has 5 heteroatoms. The number of benzene rings is 2. The van der Waals surface area contributed by atoms with Crippen molar-refractivity contribution in [1.29, 1.82) is 0 Å². The number of aryl methyl sites for hydroxylation is 1. The summed E-state index contributed by atoms with van der Waals surface area (Å²) in [6.45, 7) is 2.04. The summed E-state index contributed by atoms with van der Waals surface area (Å²) in [5.74, 6) is 0.537. The van der Waals surface area contributed by atoms with E-state index in [1.165, 1.54) is 17.7 Å². The van der Waals surface area contributed by atoms with Crippen molar-refractivity contribution in [2.75, 3.05) is 0 Å². The Morgan fingerprint density at radius 1 is 0.955 bits per heavy atom. The average molecular weight is 293 g/mol. The first-order chi connectivity index (χ1) is 10.7. The first-order valence-corrected chi connectivity index (χ1v) is 6.88. The largest absolute Gasteiger partial charge is 0.403 e. The van der Waals surface area contributed by atoms with Crippen molar-refractivity contribution < 1.29 is 8.81 Å². The van der Waals surface area contributed by atoms with Crippen molar-refractivity contribution >= 4 is 5.84 Å². The maximum Gasteiger partial charge on any atom is 0.325 e. The Balaban J connectivity index is 1.73. The number of nitrogens with zero attached hydrogens (tertiary/aromatic N) is 3. The van der Waals surface area contributed by atoms with Crippen LogP contribution in [0.1, 0.15) is 5.56 Å². The van der Waals surface area contributed by atoms with Gasteiger partial charge in [-0.25, -0.2) is 4.39 Å². The van der Waals surface area contributed by atoms with Crippen LogP contribution in [-0.2, 0) is 0 Å². The van der Waals surface area contributed by atoms with Gasteiger partial charge in [-0.15, -0.1) is 5.10 Å². The summed E-state index contributed by atoms with van der Waals surface area (Å²) in [6, 6.07) is 14.1. The molecule has 4 aromatic rings. The standard InChI is InChI=1S/C17H12FN3O/c1-11-2-4-12(5-3-11)15-10-21-17(19-15)22-16(20-21)13-6-8-14(18)9-7-13/h2-10H,1H3. The first kappa shape index (κ1) is 12.8. The molecule has 2 aromatic carbocycles. The lowest BCUT2D eigenvalue weighted by Gasteiger charge is -1.96. The van der Waals surface area contributed by atoms with Gasteiger partial charge in [-0.1, -0.05) is 29.8 Å². The molecule has 0 saturated heterocycles. The van der Waals surface area contributed by atoms with E-state index in [9.17, 15) is 4.39 Å². The molecule has 0 spiro atoms. The summed E-state index contributed by atoms with van der Waals surface area (Å²) in [6.07, 6.45) is 1.82. The second kappa shape index (κ2) is 4.80. The fourth-order valence-corrected chi connectivity index (χ4v) is 2.27. The summed E-state index contributed by atoms with van der Waals surface area (Å²) < 4.78 is 20.2. The van der Waals surface area contributed by atoms with Gasteiger partial charge in [0, 0.05) is 11.1 Å². The maximum atomic E-state index is 12.9. The minimum atomic E-state index is -0.290. The summed E-state index contributed by atoms with van der Waals surface area (Å²) in [5.41, 5.74) is 3.72. The first-order valence-electron chi connectivity index (χ1n) is 6.88. The van der Waals surface area contributed by atoms with Crippen molar-refractivity contribution in [3.63, 3.8) is 0 Å². The van der Waals surface area contributed by atoms with Gasteiger partial charge in [-0.3, -0.25) is 0 Å². The quantitative estimate of drug-likeness (QED) is 0.558. The zero-order valence-corrected chi connectivity index (χ0v) is 11.8. The number of rotatable bonds is 2. The molecular formula is C17H12FN3O. The van der Waals surface area contributed by atoms with Gasteiger partial charge in [-0.2, -0.15) is 9.50 Å². The molecule has 0 aliphatic heterocycles. The Morgan fingerprint density at radius 2 is 1.64 bits per heavy atom. The van der Waals surface area contributed by atoms with Crippen molar-refractivity contribution in [3.8, 4) is 22.7 Å². The van der Waals surface area contributed by atoms with E-state index in [-0.39, 0.29) is 5.82 Å². The van der Waals surface area contributed by atoms with Crippen molar-refractivity contribution in [2.45, 2.75) is 6.92 Å². The summed E-state index contributed by atoms with van der Waals surface area (Å²) >= 11 is 0. The fraction of sp³-hybridized carbons (Fsp3) is 0.0588. The predicted octanol–water partition coefficient (Wildman–Crippen LogP) is 4.10. The Morgan fingerprint density at radius 3 is 2.32 bits per heavy atom. The van der Waals surface area contributed by atoms with Gasteiger partial charge in [-0.05, 0) is 31.2 Å². The second-order valence-corrected chi connectivity index (χ2v) is 5.13. The Hall–Kier alpha value is -2.95. The van der Waals surface area contributed by atoms with Gasteiger partial charge in [0.25, 0.3) is 0 Å².